The molecule has 0 aromatic heterocycles. The fraction of sp³-hybridized carbons (Fsp3) is 0.235. The highest BCUT2D eigenvalue weighted by atomic mass is 35.5. The Bertz CT molecular complexity index is 817. The summed E-state index contributed by atoms with van der Waals surface area (Å²) in [4.78, 5) is 12.0. The molecule has 8 heteroatoms. The molecule has 1 N–H and O–H groups in total. The van der Waals surface area contributed by atoms with E-state index in [9.17, 15) is 17.8 Å². The summed E-state index contributed by atoms with van der Waals surface area (Å²) in [6.45, 7) is 1.56. The Morgan fingerprint density at radius 2 is 1.92 bits per heavy atom. The summed E-state index contributed by atoms with van der Waals surface area (Å²) < 4.78 is 38.7. The van der Waals surface area contributed by atoms with Crippen molar-refractivity contribution in [1.82, 2.24) is 5.32 Å². The molecule has 0 saturated carbocycles. The Hall–Kier alpha value is -1.50. The minimum absolute atomic E-state index is 0.0999. The van der Waals surface area contributed by atoms with Crippen molar-refractivity contribution in [3.8, 4) is 0 Å². The van der Waals surface area contributed by atoms with Crippen LogP contribution in [-0.2, 0) is 21.3 Å². The zero-order valence-electron chi connectivity index (χ0n) is 13.2. The highest BCUT2D eigenvalue weighted by Gasteiger charge is 2.16. The third-order valence-corrected chi connectivity index (χ3v) is 5.23. The van der Waals surface area contributed by atoms with Crippen molar-refractivity contribution in [2.24, 2.45) is 0 Å². The van der Waals surface area contributed by atoms with Crippen LogP contribution < -0.4 is 5.32 Å². The summed E-state index contributed by atoms with van der Waals surface area (Å²) in [6, 6.07) is 7.26. The summed E-state index contributed by atoms with van der Waals surface area (Å²) in [5.41, 5.74) is 0.774. The van der Waals surface area contributed by atoms with Crippen molar-refractivity contribution >= 4 is 39.9 Å². The van der Waals surface area contributed by atoms with Crippen LogP contribution in [0.5, 0.6) is 0 Å². The fourth-order valence-corrected chi connectivity index (χ4v) is 3.85. The molecule has 0 aliphatic rings. The smallest absolute Gasteiger partial charge is 0.233 e. The second kappa shape index (κ2) is 8.74. The van der Waals surface area contributed by atoms with Crippen LogP contribution in [0.4, 0.5) is 8.78 Å². The minimum Gasteiger partial charge on any atom is -0.349 e. The normalized spacial score (nSPS) is 13.3. The van der Waals surface area contributed by atoms with E-state index < -0.39 is 34.4 Å². The Morgan fingerprint density at radius 3 is 2.56 bits per heavy atom. The minimum atomic E-state index is -1.49. The number of nitrogens with one attached hydrogen (secondary N) is 1. The van der Waals surface area contributed by atoms with Crippen molar-refractivity contribution in [3.63, 3.8) is 0 Å². The maximum absolute atomic E-state index is 13.7. The van der Waals surface area contributed by atoms with Crippen molar-refractivity contribution < 1.29 is 17.8 Å². The van der Waals surface area contributed by atoms with E-state index in [1.165, 1.54) is 12.1 Å². The van der Waals surface area contributed by atoms with Gasteiger partial charge in [0.1, 0.15) is 17.4 Å². The Kier molecular flexibility index (Phi) is 6.93. The Morgan fingerprint density at radius 1 is 1.20 bits per heavy atom. The molecule has 0 aliphatic heterocycles. The summed E-state index contributed by atoms with van der Waals surface area (Å²) in [6.07, 6.45) is 0. The molecular weight excluding hydrogens is 391 g/mol. The molecule has 0 fully saturated rings. The monoisotopic (exact) mass is 405 g/mol. The van der Waals surface area contributed by atoms with Gasteiger partial charge in [0.15, 0.2) is 0 Å². The first-order chi connectivity index (χ1) is 11.8. The standard InChI is InChI=1S/C17H15Cl2F2NO2S/c1-10(14-5-4-13(20)7-16(14)21)22-17(23)9-25(24)8-11-2-3-12(18)6-15(11)19/h2-7,10H,8-9H2,1H3,(H,22,23)/t10-,25-/m0/s1. The molecule has 134 valence electrons. The summed E-state index contributed by atoms with van der Waals surface area (Å²) in [5.74, 6) is -2.10. The Labute approximate surface area is 156 Å². The second-order valence-electron chi connectivity index (χ2n) is 5.42. The summed E-state index contributed by atoms with van der Waals surface area (Å²) >= 11 is 11.8. The van der Waals surface area contributed by atoms with Gasteiger partial charge < -0.3 is 5.32 Å². The molecule has 2 aromatic rings. The molecule has 2 atom stereocenters. The Balaban J connectivity index is 1.93. The molecule has 0 bridgehead atoms. The van der Waals surface area contributed by atoms with E-state index in [-0.39, 0.29) is 17.1 Å². The van der Waals surface area contributed by atoms with Crippen molar-refractivity contribution in [1.29, 1.82) is 0 Å². The van der Waals surface area contributed by atoms with Crippen LogP contribution in [0.3, 0.4) is 0 Å². The van der Waals surface area contributed by atoms with Crippen LogP contribution >= 0.6 is 23.2 Å². The topological polar surface area (TPSA) is 46.2 Å². The zero-order valence-corrected chi connectivity index (χ0v) is 15.5. The van der Waals surface area contributed by atoms with Gasteiger partial charge in [-0.25, -0.2) is 8.78 Å². The van der Waals surface area contributed by atoms with E-state index >= 15 is 0 Å². The van der Waals surface area contributed by atoms with Crippen LogP contribution in [0.25, 0.3) is 0 Å². The first-order valence-electron chi connectivity index (χ1n) is 7.29. The van der Waals surface area contributed by atoms with E-state index in [1.54, 1.807) is 19.1 Å². The predicted octanol–water partition coefficient (Wildman–Crippen LogP) is 4.40. The number of rotatable bonds is 6. The fourth-order valence-electron chi connectivity index (χ4n) is 2.22. The number of halogens is 4. The lowest BCUT2D eigenvalue weighted by molar-refractivity contribution is -0.119. The molecule has 0 spiro atoms. The number of hydrogen-bond acceptors (Lipinski definition) is 2. The van der Waals surface area contributed by atoms with Crippen molar-refractivity contribution in [3.05, 3.63) is 69.2 Å². The SMILES string of the molecule is C[C@H](NC(=O)C[S@@](=O)Cc1ccc(Cl)cc1Cl)c1ccc(F)cc1F. The van der Waals surface area contributed by atoms with Crippen LogP contribution in [0.1, 0.15) is 24.1 Å². The lowest BCUT2D eigenvalue weighted by Crippen LogP contribution is -2.31. The van der Waals surface area contributed by atoms with E-state index in [0.717, 1.165) is 12.1 Å². The molecular formula is C17H15Cl2F2NO2S. The lowest BCUT2D eigenvalue weighted by atomic mass is 10.1. The lowest BCUT2D eigenvalue weighted by Gasteiger charge is -2.15. The van der Waals surface area contributed by atoms with E-state index in [2.05, 4.69) is 5.32 Å². The van der Waals surface area contributed by atoms with E-state index in [0.29, 0.717) is 15.6 Å². The quantitative estimate of drug-likeness (QED) is 0.773. The van der Waals surface area contributed by atoms with Crippen LogP contribution in [0, 0.1) is 11.6 Å². The molecule has 0 radical (unpaired) electrons. The maximum atomic E-state index is 13.7. The van der Waals surface area contributed by atoms with E-state index in [4.69, 9.17) is 23.2 Å². The molecule has 0 aliphatic carbocycles. The molecule has 3 nitrogen and oxygen atoms in total. The van der Waals surface area contributed by atoms with Gasteiger partial charge in [-0.2, -0.15) is 0 Å². The van der Waals surface area contributed by atoms with Crippen LogP contribution in [0.15, 0.2) is 36.4 Å². The average molecular weight is 406 g/mol. The molecule has 2 rings (SSSR count). The molecule has 2 aromatic carbocycles. The molecule has 25 heavy (non-hydrogen) atoms. The van der Waals surface area contributed by atoms with Crippen molar-refractivity contribution in [2.45, 2.75) is 18.7 Å². The van der Waals surface area contributed by atoms with Gasteiger partial charge in [-0.05, 0) is 30.7 Å². The largest absolute Gasteiger partial charge is 0.349 e. The van der Waals surface area contributed by atoms with Gasteiger partial charge in [0, 0.05) is 32.5 Å². The number of hydrogen-bond donors (Lipinski definition) is 1. The summed E-state index contributed by atoms with van der Waals surface area (Å²) in [5, 5.41) is 3.39. The zero-order chi connectivity index (χ0) is 18.6. The van der Waals surface area contributed by atoms with Gasteiger partial charge in [-0.1, -0.05) is 35.3 Å². The highest BCUT2D eigenvalue weighted by Crippen LogP contribution is 2.22. The first-order valence-corrected chi connectivity index (χ1v) is 9.54. The first kappa shape index (κ1) is 19.8. The molecule has 0 saturated heterocycles. The van der Waals surface area contributed by atoms with Gasteiger partial charge in [-0.15, -0.1) is 0 Å². The second-order valence-corrected chi connectivity index (χ2v) is 7.72. The van der Waals surface area contributed by atoms with Crippen LogP contribution in [0.2, 0.25) is 10.0 Å². The third kappa shape index (κ3) is 5.76. The molecule has 0 heterocycles. The van der Waals surface area contributed by atoms with Crippen LogP contribution in [-0.4, -0.2) is 15.9 Å². The highest BCUT2D eigenvalue weighted by molar-refractivity contribution is 7.84. The third-order valence-electron chi connectivity index (χ3n) is 3.43. The number of amides is 1. The molecule has 0 unspecified atom stereocenters. The molecule has 1 amide bonds. The van der Waals surface area contributed by atoms with E-state index in [1.807, 2.05) is 0 Å². The predicted molar refractivity (Wildman–Crippen MR) is 96.1 cm³/mol. The van der Waals surface area contributed by atoms with Gasteiger partial charge in [0.05, 0.1) is 11.8 Å². The number of carbonyl (C=O) groups excluding carboxylic acids is 1. The number of benzene rings is 2. The maximum Gasteiger partial charge on any atom is 0.233 e. The average Bonchev–Trinajstić information content (AvgIpc) is 2.49. The van der Waals surface area contributed by atoms with Gasteiger partial charge in [0.2, 0.25) is 5.91 Å². The van der Waals surface area contributed by atoms with Gasteiger partial charge in [0.25, 0.3) is 0 Å². The number of carbonyl (C=O) groups is 1. The van der Waals surface area contributed by atoms with Gasteiger partial charge >= 0.3 is 0 Å². The summed E-state index contributed by atoms with van der Waals surface area (Å²) in [7, 11) is -1.49. The van der Waals surface area contributed by atoms with Gasteiger partial charge in [-0.3, -0.25) is 9.00 Å². The van der Waals surface area contributed by atoms with Crippen molar-refractivity contribution in [2.75, 3.05) is 5.75 Å².